The molecule has 0 fully saturated rings. The van der Waals surface area contributed by atoms with E-state index in [2.05, 4.69) is 44.8 Å². The van der Waals surface area contributed by atoms with Crippen molar-refractivity contribution in [2.75, 3.05) is 36.9 Å². The minimum Gasteiger partial charge on any atom is -0.358 e. The van der Waals surface area contributed by atoms with E-state index in [1.807, 2.05) is 26.1 Å². The molecule has 0 saturated heterocycles. The van der Waals surface area contributed by atoms with Crippen LogP contribution in [0, 0.1) is 5.92 Å². The van der Waals surface area contributed by atoms with Crippen molar-refractivity contribution < 1.29 is 13.2 Å². The fraction of sp³-hybridized carbons (Fsp3) is 0.500. The first-order chi connectivity index (χ1) is 14.0. The summed E-state index contributed by atoms with van der Waals surface area (Å²) < 4.78 is 35.3. The number of fused-ring (bicyclic) bond motifs is 1. The van der Waals surface area contributed by atoms with Crippen molar-refractivity contribution in [2.24, 2.45) is 5.92 Å². The number of halogens is 1. The highest BCUT2D eigenvalue weighted by atomic mass is 79.9. The lowest BCUT2D eigenvalue weighted by Crippen LogP contribution is -2.19. The molecule has 166 valence electrons. The third-order valence-electron chi connectivity index (χ3n) is 4.48. The van der Waals surface area contributed by atoms with Crippen molar-refractivity contribution >= 4 is 46.9 Å². The van der Waals surface area contributed by atoms with Crippen LogP contribution in [0.4, 0.5) is 0 Å². The Morgan fingerprint density at radius 3 is 2.57 bits per heavy atom. The maximum Gasteiger partial charge on any atom is 0.239 e. The normalized spacial score (nSPS) is 13.4. The highest BCUT2D eigenvalue weighted by Crippen LogP contribution is 2.34. The van der Waals surface area contributed by atoms with Gasteiger partial charge in [0, 0.05) is 34.7 Å². The van der Waals surface area contributed by atoms with E-state index in [1.54, 1.807) is 23.3 Å². The van der Waals surface area contributed by atoms with Gasteiger partial charge < -0.3 is 4.74 Å². The largest absolute Gasteiger partial charge is 0.358 e. The zero-order valence-electron chi connectivity index (χ0n) is 18.0. The molecule has 30 heavy (non-hydrogen) atoms. The number of pyridine rings is 1. The molecule has 3 heterocycles. The molecule has 0 aliphatic heterocycles. The third-order valence-corrected chi connectivity index (χ3v) is 8.29. The van der Waals surface area contributed by atoms with Crippen LogP contribution in [-0.2, 0) is 21.5 Å². The van der Waals surface area contributed by atoms with E-state index in [0.29, 0.717) is 23.5 Å². The maximum absolute atomic E-state index is 12.9. The molecular weight excluding hydrogens is 488 g/mol. The van der Waals surface area contributed by atoms with Gasteiger partial charge in [0.25, 0.3) is 0 Å². The number of rotatable bonds is 9. The van der Waals surface area contributed by atoms with Crippen LogP contribution in [0.5, 0.6) is 0 Å². The van der Waals surface area contributed by atoms with Crippen molar-refractivity contribution in [3.8, 4) is 11.1 Å². The Morgan fingerprint density at radius 2 is 1.90 bits per heavy atom. The summed E-state index contributed by atoms with van der Waals surface area (Å²) in [6.07, 6.45) is 13.7. The molecule has 0 atom stereocenters. The lowest BCUT2D eigenvalue weighted by molar-refractivity contribution is 0.0809. The Labute approximate surface area is 188 Å². The van der Waals surface area contributed by atoms with Gasteiger partial charge in [0.15, 0.2) is 0 Å². The van der Waals surface area contributed by atoms with Crippen molar-refractivity contribution in [3.05, 3.63) is 35.5 Å². The van der Waals surface area contributed by atoms with Gasteiger partial charge in [0.05, 0.1) is 30.3 Å². The van der Waals surface area contributed by atoms with Gasteiger partial charge in [-0.2, -0.15) is 5.10 Å². The monoisotopic (exact) mass is 516 g/mol. The first kappa shape index (κ1) is 23.3. The molecular formula is C20H29BrN4O3S2. The molecule has 0 N–H and O–H groups in total. The predicted octanol–water partition coefficient (Wildman–Crippen LogP) is 4.16. The second kappa shape index (κ2) is 9.02. The number of ether oxygens (including phenoxy) is 1. The quantitative estimate of drug-likeness (QED) is 0.315. The Hall–Kier alpha value is -1.36. The van der Waals surface area contributed by atoms with Gasteiger partial charge >= 0.3 is 0 Å². The highest BCUT2D eigenvalue weighted by Gasteiger charge is 2.22. The van der Waals surface area contributed by atoms with Crippen LogP contribution in [0.25, 0.3) is 22.0 Å². The molecule has 0 bridgehead atoms. The summed E-state index contributed by atoms with van der Waals surface area (Å²) in [5.41, 5.74) is 2.19. The Kier molecular flexibility index (Phi) is 7.01. The number of nitrogens with zero attached hydrogens (tertiary/aromatic N) is 4. The molecule has 0 aromatic carbocycles. The van der Waals surface area contributed by atoms with Crippen LogP contribution >= 0.6 is 26.0 Å². The van der Waals surface area contributed by atoms with Gasteiger partial charge in [-0.25, -0.2) is 32.1 Å². The summed E-state index contributed by atoms with van der Waals surface area (Å²) in [5, 5.41) is 5.19. The van der Waals surface area contributed by atoms with Crippen LogP contribution in [0.1, 0.15) is 13.8 Å². The fourth-order valence-electron chi connectivity index (χ4n) is 3.07. The van der Waals surface area contributed by atoms with Gasteiger partial charge in [-0.1, -0.05) is 13.8 Å². The van der Waals surface area contributed by atoms with Gasteiger partial charge in [-0.15, -0.1) is 0 Å². The first-order valence-corrected chi connectivity index (χ1v) is 15.1. The van der Waals surface area contributed by atoms with Crippen molar-refractivity contribution in [2.45, 2.75) is 20.6 Å². The van der Waals surface area contributed by atoms with E-state index in [4.69, 9.17) is 4.74 Å². The maximum atomic E-state index is 12.9. The van der Waals surface area contributed by atoms with E-state index in [0.717, 1.165) is 22.3 Å². The lowest BCUT2D eigenvalue weighted by atomic mass is 10.1. The molecule has 10 heteroatoms. The molecule has 0 spiro atoms. The Balaban J connectivity index is 1.91. The standard InChI is InChI=1S/C20H29BrN4O3S2/c1-15(2)13-30(26,27)25-12-18(17-8-20(21)22-10-19(17)25)16-9-23-24(11-16)14-28-6-7-29(3,4)5/h8-12,15H,6-7,13-14H2,1-5H3. The predicted molar refractivity (Wildman–Crippen MR) is 129 cm³/mol. The molecule has 0 radical (unpaired) electrons. The minimum atomic E-state index is -3.50. The summed E-state index contributed by atoms with van der Waals surface area (Å²) in [7, 11) is -4.09. The van der Waals surface area contributed by atoms with Crippen LogP contribution in [-0.4, -0.2) is 64.0 Å². The van der Waals surface area contributed by atoms with Gasteiger partial charge in [-0.05, 0) is 46.7 Å². The topological polar surface area (TPSA) is 79.0 Å². The SMILES string of the molecule is CC(C)CS(=O)(=O)n1cc(-c2cnn(COCCS(C)(C)C)c2)c2cc(Br)ncc21. The van der Waals surface area contributed by atoms with E-state index in [1.165, 1.54) is 3.97 Å². The summed E-state index contributed by atoms with van der Waals surface area (Å²) in [4.78, 5) is 4.24. The van der Waals surface area contributed by atoms with E-state index in [9.17, 15) is 8.42 Å². The smallest absolute Gasteiger partial charge is 0.239 e. The first-order valence-electron chi connectivity index (χ1n) is 9.63. The highest BCUT2D eigenvalue weighted by molar-refractivity contribution is 9.10. The average molecular weight is 518 g/mol. The zero-order chi connectivity index (χ0) is 22.1. The molecule has 3 aromatic rings. The van der Waals surface area contributed by atoms with Crippen LogP contribution in [0.2, 0.25) is 0 Å². The summed E-state index contributed by atoms with van der Waals surface area (Å²) in [6, 6.07) is 1.84. The molecule has 7 nitrogen and oxygen atoms in total. The van der Waals surface area contributed by atoms with E-state index >= 15 is 0 Å². The molecule has 0 aliphatic rings. The van der Waals surface area contributed by atoms with Gasteiger partial charge in [0.2, 0.25) is 10.0 Å². The van der Waals surface area contributed by atoms with E-state index < -0.39 is 20.1 Å². The fourth-order valence-corrected chi connectivity index (χ4v) is 5.74. The minimum absolute atomic E-state index is 0.0224. The number of hydrogen-bond donors (Lipinski definition) is 0. The lowest BCUT2D eigenvalue weighted by Gasteiger charge is -2.24. The van der Waals surface area contributed by atoms with Crippen molar-refractivity contribution in [1.82, 2.24) is 18.7 Å². The summed E-state index contributed by atoms with van der Waals surface area (Å²) in [5.74, 6) is 1.13. The molecule has 3 rings (SSSR count). The van der Waals surface area contributed by atoms with Crippen molar-refractivity contribution in [1.29, 1.82) is 0 Å². The second-order valence-corrected chi connectivity index (χ2v) is 15.9. The Bertz CT molecular complexity index is 1130. The van der Waals surface area contributed by atoms with Gasteiger partial charge in [-0.3, -0.25) is 0 Å². The average Bonchev–Trinajstić information content (AvgIpc) is 3.21. The molecule has 3 aromatic heterocycles. The molecule has 0 aliphatic carbocycles. The summed E-state index contributed by atoms with van der Waals surface area (Å²) >= 11 is 3.39. The second-order valence-electron chi connectivity index (χ2n) is 8.64. The molecule has 0 amide bonds. The molecule has 0 unspecified atom stereocenters. The third kappa shape index (κ3) is 5.66. The van der Waals surface area contributed by atoms with Gasteiger partial charge in [0.1, 0.15) is 11.3 Å². The summed E-state index contributed by atoms with van der Waals surface area (Å²) in [6.45, 7) is 4.85. The van der Waals surface area contributed by atoms with Crippen LogP contribution in [0.15, 0.2) is 35.5 Å². The number of hydrogen-bond acceptors (Lipinski definition) is 5. The molecule has 0 saturated carbocycles. The van der Waals surface area contributed by atoms with E-state index in [-0.39, 0.29) is 11.7 Å². The van der Waals surface area contributed by atoms with Crippen molar-refractivity contribution in [3.63, 3.8) is 0 Å². The van der Waals surface area contributed by atoms with Crippen LogP contribution in [0.3, 0.4) is 0 Å². The zero-order valence-corrected chi connectivity index (χ0v) is 21.2. The number of aromatic nitrogens is 4. The Morgan fingerprint density at radius 1 is 1.17 bits per heavy atom. The van der Waals surface area contributed by atoms with Crippen LogP contribution < -0.4 is 0 Å².